The second kappa shape index (κ2) is 10.6. The fraction of sp³-hybridized carbons (Fsp3) is 0.375. The van der Waals surface area contributed by atoms with Crippen LogP contribution in [-0.4, -0.2) is 68.1 Å². The van der Waals surface area contributed by atoms with Gasteiger partial charge in [-0.25, -0.2) is 4.98 Å². The number of rotatable bonds is 8. The molecule has 0 saturated carbocycles. The molecule has 5 rings (SSSR count). The minimum absolute atomic E-state index is 0.127. The van der Waals surface area contributed by atoms with Crippen LogP contribution in [0.2, 0.25) is 0 Å². The lowest BCUT2D eigenvalue weighted by Crippen LogP contribution is -2.40. The van der Waals surface area contributed by atoms with Gasteiger partial charge in [-0.2, -0.15) is 0 Å². The number of thioether (sulfide) groups is 1. The molecule has 1 saturated heterocycles. The molecule has 34 heavy (non-hydrogen) atoms. The van der Waals surface area contributed by atoms with Gasteiger partial charge >= 0.3 is 0 Å². The van der Waals surface area contributed by atoms with E-state index in [1.165, 1.54) is 16.5 Å². The third-order valence-corrected chi connectivity index (χ3v) is 8.08. The van der Waals surface area contributed by atoms with Crippen LogP contribution in [0.15, 0.2) is 53.9 Å². The highest BCUT2D eigenvalue weighted by molar-refractivity contribution is 7.99. The smallest absolute Gasteiger partial charge is 0.233 e. The van der Waals surface area contributed by atoms with Crippen LogP contribution < -0.4 is 0 Å². The normalized spacial score (nSPS) is 16.3. The van der Waals surface area contributed by atoms with Crippen molar-refractivity contribution in [1.29, 1.82) is 0 Å². The number of nitrogens with zero attached hydrogens (tertiary/aromatic N) is 6. The number of likely N-dealkylation sites (tertiary alicyclic amines) is 1. The van der Waals surface area contributed by atoms with Gasteiger partial charge in [0, 0.05) is 44.1 Å². The molecule has 4 heterocycles. The molecule has 1 atom stereocenters. The van der Waals surface area contributed by atoms with Gasteiger partial charge in [0.15, 0.2) is 11.0 Å². The highest BCUT2D eigenvalue weighted by Gasteiger charge is 2.27. The lowest BCUT2D eigenvalue weighted by molar-refractivity contribution is -0.129. The van der Waals surface area contributed by atoms with E-state index < -0.39 is 0 Å². The largest absolute Gasteiger partial charge is 0.383 e. The van der Waals surface area contributed by atoms with Gasteiger partial charge in [-0.1, -0.05) is 23.9 Å². The number of piperidine rings is 1. The van der Waals surface area contributed by atoms with Gasteiger partial charge in [0.2, 0.25) is 5.91 Å². The van der Waals surface area contributed by atoms with Gasteiger partial charge in [-0.15, -0.1) is 21.5 Å². The number of benzene rings is 1. The number of para-hydroxylation sites is 1. The number of fused-ring (bicyclic) bond motifs is 1. The Hall–Kier alpha value is -2.82. The van der Waals surface area contributed by atoms with Crippen LogP contribution >= 0.6 is 23.1 Å². The predicted octanol–water partition coefficient (Wildman–Crippen LogP) is 4.09. The van der Waals surface area contributed by atoms with Crippen LogP contribution in [0.3, 0.4) is 0 Å². The van der Waals surface area contributed by atoms with E-state index in [9.17, 15) is 4.79 Å². The van der Waals surface area contributed by atoms with Crippen LogP contribution in [0.1, 0.15) is 23.8 Å². The van der Waals surface area contributed by atoms with E-state index in [4.69, 9.17) is 9.72 Å². The lowest BCUT2D eigenvalue weighted by Gasteiger charge is -2.31. The summed E-state index contributed by atoms with van der Waals surface area (Å²) in [7, 11) is 1.67. The molecule has 0 spiro atoms. The zero-order valence-corrected chi connectivity index (χ0v) is 20.6. The molecule has 1 aliphatic heterocycles. The van der Waals surface area contributed by atoms with Gasteiger partial charge in [0.1, 0.15) is 0 Å². The predicted molar refractivity (Wildman–Crippen MR) is 134 cm³/mol. The highest BCUT2D eigenvalue weighted by Crippen LogP contribution is 2.33. The molecule has 0 bridgehead atoms. The number of carbonyl (C=O) groups excluding carboxylic acids is 1. The minimum Gasteiger partial charge on any atom is -0.383 e. The Kier molecular flexibility index (Phi) is 7.17. The van der Waals surface area contributed by atoms with Gasteiger partial charge < -0.3 is 9.64 Å². The van der Waals surface area contributed by atoms with Crippen molar-refractivity contribution in [3.63, 3.8) is 0 Å². The zero-order chi connectivity index (χ0) is 23.3. The monoisotopic (exact) mass is 494 g/mol. The molecule has 0 radical (unpaired) electrons. The molecule has 1 aromatic carbocycles. The summed E-state index contributed by atoms with van der Waals surface area (Å²) >= 11 is 3.18. The van der Waals surface area contributed by atoms with Gasteiger partial charge in [0.25, 0.3) is 0 Å². The van der Waals surface area contributed by atoms with Crippen molar-refractivity contribution in [1.82, 2.24) is 29.6 Å². The van der Waals surface area contributed by atoms with Gasteiger partial charge in [-0.3, -0.25) is 14.3 Å². The second-order valence-electron chi connectivity index (χ2n) is 8.17. The van der Waals surface area contributed by atoms with Crippen molar-refractivity contribution < 1.29 is 9.53 Å². The summed E-state index contributed by atoms with van der Waals surface area (Å²) in [6.07, 6.45) is 5.53. The molecule has 10 heteroatoms. The van der Waals surface area contributed by atoms with E-state index in [-0.39, 0.29) is 5.91 Å². The zero-order valence-electron chi connectivity index (χ0n) is 19.0. The second-order valence-corrected chi connectivity index (χ2v) is 10.2. The average Bonchev–Trinajstić information content (AvgIpc) is 3.51. The maximum atomic E-state index is 13.1. The van der Waals surface area contributed by atoms with Gasteiger partial charge in [0.05, 0.1) is 34.1 Å². The first-order chi connectivity index (χ1) is 16.7. The molecule has 1 aliphatic rings. The highest BCUT2D eigenvalue weighted by atomic mass is 32.2. The molecular weight excluding hydrogens is 468 g/mol. The van der Waals surface area contributed by atoms with Crippen molar-refractivity contribution in [3.8, 4) is 11.4 Å². The molecule has 1 unspecified atom stereocenters. The number of pyridine rings is 1. The number of thiazole rings is 1. The van der Waals surface area contributed by atoms with E-state index in [1.54, 1.807) is 30.8 Å². The minimum atomic E-state index is 0.127. The van der Waals surface area contributed by atoms with Crippen molar-refractivity contribution in [2.75, 3.05) is 32.6 Å². The molecule has 176 valence electrons. The molecule has 4 aromatic rings. The Labute approximate surface area is 206 Å². The fourth-order valence-corrected chi connectivity index (χ4v) is 6.14. The standard InChI is InChI=1S/C24H26N6O2S2/c1-32-14-13-30-22(17-8-10-25-11-9-17)27-28-24(30)33-16-21(31)29-12-4-5-18(15-29)23-26-19-6-2-3-7-20(19)34-23/h2-3,6-11,18H,4-5,12-16H2,1H3. The summed E-state index contributed by atoms with van der Waals surface area (Å²) in [5.41, 5.74) is 1.98. The Balaban J connectivity index is 1.26. The quantitative estimate of drug-likeness (QED) is 0.341. The third-order valence-electron chi connectivity index (χ3n) is 5.93. The van der Waals surface area contributed by atoms with Crippen LogP contribution in [0.25, 0.3) is 21.6 Å². The summed E-state index contributed by atoms with van der Waals surface area (Å²) in [6.45, 7) is 2.66. The number of carbonyl (C=O) groups is 1. The number of hydrogen-bond donors (Lipinski definition) is 0. The Morgan fingerprint density at radius 2 is 2.06 bits per heavy atom. The number of ether oxygens (including phenoxy) is 1. The number of amides is 1. The van der Waals surface area contributed by atoms with E-state index in [0.717, 1.165) is 53.0 Å². The topological polar surface area (TPSA) is 86.0 Å². The maximum Gasteiger partial charge on any atom is 0.233 e. The van der Waals surface area contributed by atoms with E-state index >= 15 is 0 Å². The Morgan fingerprint density at radius 1 is 1.21 bits per heavy atom. The number of hydrogen-bond acceptors (Lipinski definition) is 8. The number of aromatic nitrogens is 5. The average molecular weight is 495 g/mol. The summed E-state index contributed by atoms with van der Waals surface area (Å²) in [6, 6.07) is 12.0. The lowest BCUT2D eigenvalue weighted by atomic mass is 9.99. The van der Waals surface area contributed by atoms with E-state index in [1.807, 2.05) is 33.7 Å². The van der Waals surface area contributed by atoms with Crippen molar-refractivity contribution >= 4 is 39.2 Å². The summed E-state index contributed by atoms with van der Waals surface area (Å²) < 4.78 is 8.50. The summed E-state index contributed by atoms with van der Waals surface area (Å²) in [5, 5.41) is 10.6. The first kappa shape index (κ1) is 22.9. The molecule has 1 fully saturated rings. The van der Waals surface area contributed by atoms with Crippen molar-refractivity contribution in [2.24, 2.45) is 0 Å². The van der Waals surface area contributed by atoms with Crippen molar-refractivity contribution in [2.45, 2.75) is 30.5 Å². The fourth-order valence-electron chi connectivity index (χ4n) is 4.18. The van der Waals surface area contributed by atoms with Crippen LogP contribution in [0.4, 0.5) is 0 Å². The molecular formula is C24H26N6O2S2. The Bertz CT molecular complexity index is 1230. The Morgan fingerprint density at radius 3 is 2.88 bits per heavy atom. The van der Waals surface area contributed by atoms with E-state index in [0.29, 0.717) is 24.8 Å². The maximum absolute atomic E-state index is 13.1. The van der Waals surface area contributed by atoms with E-state index in [2.05, 4.69) is 27.3 Å². The number of methoxy groups -OCH3 is 1. The van der Waals surface area contributed by atoms with Crippen molar-refractivity contribution in [3.05, 3.63) is 53.8 Å². The molecule has 1 amide bonds. The van der Waals surface area contributed by atoms with Crippen LogP contribution in [0, 0.1) is 0 Å². The SMILES string of the molecule is COCCn1c(SCC(=O)N2CCCC(c3nc4ccccc4s3)C2)nnc1-c1ccncc1. The third kappa shape index (κ3) is 4.98. The summed E-state index contributed by atoms with van der Waals surface area (Å²) in [5.74, 6) is 1.50. The molecule has 0 N–H and O–H groups in total. The summed E-state index contributed by atoms with van der Waals surface area (Å²) in [4.78, 5) is 24.0. The van der Waals surface area contributed by atoms with Crippen LogP contribution in [-0.2, 0) is 16.1 Å². The molecule has 3 aromatic heterocycles. The van der Waals surface area contributed by atoms with Gasteiger partial charge in [-0.05, 0) is 37.1 Å². The molecule has 0 aliphatic carbocycles. The van der Waals surface area contributed by atoms with Crippen LogP contribution in [0.5, 0.6) is 0 Å². The first-order valence-electron chi connectivity index (χ1n) is 11.3. The molecule has 8 nitrogen and oxygen atoms in total. The first-order valence-corrected chi connectivity index (χ1v) is 13.1.